The Morgan fingerprint density at radius 2 is 2.11 bits per heavy atom. The highest BCUT2D eigenvalue weighted by Gasteiger charge is 2.24. The second-order valence-electron chi connectivity index (χ2n) is 4.87. The number of likely N-dealkylation sites (tertiary alicyclic amines) is 1. The number of methoxy groups -OCH3 is 1. The highest BCUT2D eigenvalue weighted by Crippen LogP contribution is 2.19. The van der Waals surface area contributed by atoms with Crippen molar-refractivity contribution in [1.29, 1.82) is 0 Å². The van der Waals surface area contributed by atoms with Gasteiger partial charge in [0.05, 0.1) is 11.7 Å². The average Bonchev–Trinajstić information content (AvgIpc) is 2.46. The molecule has 1 heterocycles. The highest BCUT2D eigenvalue weighted by molar-refractivity contribution is 5.97. The Morgan fingerprint density at radius 3 is 2.68 bits per heavy atom. The first kappa shape index (κ1) is 13.6. The van der Waals surface area contributed by atoms with Crippen molar-refractivity contribution < 1.29 is 9.53 Å². The van der Waals surface area contributed by atoms with E-state index in [0.717, 1.165) is 31.5 Å². The standard InChI is InChI=1S/C16H19NO2/c1-4-14-12(2)6-5-7-15(14)16(18)17-10-8-13(19-3)9-11-17/h1,5-7,13H,8-11H2,2-3H3. The number of carbonyl (C=O) groups is 1. The van der Waals surface area contributed by atoms with Crippen LogP contribution >= 0.6 is 0 Å². The summed E-state index contributed by atoms with van der Waals surface area (Å²) >= 11 is 0. The van der Waals surface area contributed by atoms with Gasteiger partial charge in [-0.2, -0.15) is 0 Å². The molecule has 0 aromatic heterocycles. The minimum atomic E-state index is 0.0335. The van der Waals surface area contributed by atoms with Crippen LogP contribution in [0.3, 0.4) is 0 Å². The molecule has 1 aliphatic rings. The predicted molar refractivity (Wildman–Crippen MR) is 75.0 cm³/mol. The van der Waals surface area contributed by atoms with Crippen molar-refractivity contribution in [3.05, 3.63) is 34.9 Å². The van der Waals surface area contributed by atoms with Crippen molar-refractivity contribution in [2.45, 2.75) is 25.9 Å². The number of hydrogen-bond donors (Lipinski definition) is 0. The summed E-state index contributed by atoms with van der Waals surface area (Å²) in [5.41, 5.74) is 2.32. The Labute approximate surface area is 114 Å². The molecule has 1 aromatic rings. The Hall–Kier alpha value is -1.79. The third-order valence-corrected chi connectivity index (χ3v) is 3.71. The number of aryl methyl sites for hydroxylation is 1. The number of nitrogens with zero attached hydrogens (tertiary/aromatic N) is 1. The van der Waals surface area contributed by atoms with Gasteiger partial charge in [-0.25, -0.2) is 0 Å². The topological polar surface area (TPSA) is 29.5 Å². The summed E-state index contributed by atoms with van der Waals surface area (Å²) in [6, 6.07) is 5.63. The SMILES string of the molecule is C#Cc1c(C)cccc1C(=O)N1CCC(OC)CC1. The molecule has 0 bridgehead atoms. The van der Waals surface area contributed by atoms with Gasteiger partial charge in [0.25, 0.3) is 5.91 Å². The number of benzene rings is 1. The second-order valence-corrected chi connectivity index (χ2v) is 4.87. The molecule has 0 aliphatic carbocycles. The third-order valence-electron chi connectivity index (χ3n) is 3.71. The smallest absolute Gasteiger partial charge is 0.255 e. The first-order valence-electron chi connectivity index (χ1n) is 6.55. The molecule has 1 amide bonds. The van der Waals surface area contributed by atoms with Gasteiger partial charge in [-0.05, 0) is 31.4 Å². The van der Waals surface area contributed by atoms with Crippen LogP contribution < -0.4 is 0 Å². The van der Waals surface area contributed by atoms with Gasteiger partial charge >= 0.3 is 0 Å². The van der Waals surface area contributed by atoms with E-state index < -0.39 is 0 Å². The summed E-state index contributed by atoms with van der Waals surface area (Å²) in [5.74, 6) is 2.67. The van der Waals surface area contributed by atoms with Crippen molar-refractivity contribution in [3.8, 4) is 12.3 Å². The molecule has 2 rings (SSSR count). The molecule has 1 aliphatic heterocycles. The predicted octanol–water partition coefficient (Wildman–Crippen LogP) is 2.23. The van der Waals surface area contributed by atoms with E-state index in [1.165, 1.54) is 0 Å². The molecule has 3 heteroatoms. The van der Waals surface area contributed by atoms with E-state index in [0.29, 0.717) is 11.1 Å². The number of piperidine rings is 1. The van der Waals surface area contributed by atoms with Gasteiger partial charge in [0, 0.05) is 25.8 Å². The van der Waals surface area contributed by atoms with Crippen molar-refractivity contribution in [3.63, 3.8) is 0 Å². The minimum Gasteiger partial charge on any atom is -0.381 e. The Balaban J connectivity index is 2.17. The van der Waals surface area contributed by atoms with Crippen LogP contribution in [0.1, 0.15) is 34.3 Å². The molecule has 19 heavy (non-hydrogen) atoms. The third kappa shape index (κ3) is 2.80. The van der Waals surface area contributed by atoms with Gasteiger partial charge in [-0.1, -0.05) is 18.1 Å². The number of terminal acetylenes is 1. The lowest BCUT2D eigenvalue weighted by Crippen LogP contribution is -2.40. The van der Waals surface area contributed by atoms with E-state index >= 15 is 0 Å². The van der Waals surface area contributed by atoms with Crippen LogP contribution in [0.5, 0.6) is 0 Å². The fraction of sp³-hybridized carbons (Fsp3) is 0.438. The van der Waals surface area contributed by atoms with Crippen LogP contribution in [0.2, 0.25) is 0 Å². The molecule has 100 valence electrons. The van der Waals surface area contributed by atoms with E-state index in [9.17, 15) is 4.79 Å². The van der Waals surface area contributed by atoms with Gasteiger partial charge in [0.2, 0.25) is 0 Å². The first-order chi connectivity index (χ1) is 9.17. The molecular weight excluding hydrogens is 238 g/mol. The summed E-state index contributed by atoms with van der Waals surface area (Å²) in [5, 5.41) is 0. The number of carbonyl (C=O) groups excluding carboxylic acids is 1. The summed E-state index contributed by atoms with van der Waals surface area (Å²) in [4.78, 5) is 14.4. The fourth-order valence-electron chi connectivity index (χ4n) is 2.50. The zero-order valence-corrected chi connectivity index (χ0v) is 11.5. The molecule has 1 saturated heterocycles. The van der Waals surface area contributed by atoms with Crippen LogP contribution in [0, 0.1) is 19.3 Å². The molecule has 0 unspecified atom stereocenters. The van der Waals surface area contributed by atoms with E-state index in [1.54, 1.807) is 7.11 Å². The maximum atomic E-state index is 12.5. The van der Waals surface area contributed by atoms with Crippen molar-refractivity contribution in [1.82, 2.24) is 4.90 Å². The largest absolute Gasteiger partial charge is 0.381 e. The Bertz CT molecular complexity index is 508. The van der Waals surface area contributed by atoms with Crippen LogP contribution in [0.25, 0.3) is 0 Å². The van der Waals surface area contributed by atoms with Gasteiger partial charge in [0.15, 0.2) is 0 Å². The maximum Gasteiger partial charge on any atom is 0.255 e. The van der Waals surface area contributed by atoms with Crippen molar-refractivity contribution in [2.75, 3.05) is 20.2 Å². The molecular formula is C16H19NO2. The van der Waals surface area contributed by atoms with Crippen LogP contribution in [0.4, 0.5) is 0 Å². The average molecular weight is 257 g/mol. The molecule has 1 aromatic carbocycles. The Morgan fingerprint density at radius 1 is 1.42 bits per heavy atom. The number of ether oxygens (including phenoxy) is 1. The summed E-state index contributed by atoms with van der Waals surface area (Å²) < 4.78 is 5.32. The van der Waals surface area contributed by atoms with E-state index in [4.69, 9.17) is 11.2 Å². The normalized spacial score (nSPS) is 16.2. The maximum absolute atomic E-state index is 12.5. The van der Waals surface area contributed by atoms with Crippen molar-refractivity contribution >= 4 is 5.91 Å². The van der Waals surface area contributed by atoms with Crippen LogP contribution in [0.15, 0.2) is 18.2 Å². The van der Waals surface area contributed by atoms with Crippen LogP contribution in [-0.4, -0.2) is 37.1 Å². The first-order valence-corrected chi connectivity index (χ1v) is 6.55. The minimum absolute atomic E-state index is 0.0335. The summed E-state index contributed by atoms with van der Waals surface area (Å²) in [6.07, 6.45) is 7.57. The van der Waals surface area contributed by atoms with Crippen LogP contribution in [-0.2, 0) is 4.74 Å². The van der Waals surface area contributed by atoms with E-state index in [-0.39, 0.29) is 12.0 Å². The molecule has 0 radical (unpaired) electrons. The molecule has 0 N–H and O–H groups in total. The van der Waals surface area contributed by atoms with Gasteiger partial charge in [-0.15, -0.1) is 6.42 Å². The highest BCUT2D eigenvalue weighted by atomic mass is 16.5. The molecule has 3 nitrogen and oxygen atoms in total. The van der Waals surface area contributed by atoms with E-state index in [2.05, 4.69) is 5.92 Å². The quantitative estimate of drug-likeness (QED) is 0.760. The second kappa shape index (κ2) is 5.90. The number of hydrogen-bond acceptors (Lipinski definition) is 2. The fourth-order valence-corrected chi connectivity index (χ4v) is 2.50. The summed E-state index contributed by atoms with van der Waals surface area (Å²) in [7, 11) is 1.72. The zero-order chi connectivity index (χ0) is 13.8. The number of amides is 1. The molecule has 1 fully saturated rings. The summed E-state index contributed by atoms with van der Waals surface area (Å²) in [6.45, 7) is 3.40. The van der Waals surface area contributed by atoms with Gasteiger partial charge in [-0.3, -0.25) is 4.79 Å². The zero-order valence-electron chi connectivity index (χ0n) is 11.5. The molecule has 0 saturated carbocycles. The monoisotopic (exact) mass is 257 g/mol. The van der Waals surface area contributed by atoms with Gasteiger partial charge in [0.1, 0.15) is 0 Å². The Kier molecular flexibility index (Phi) is 4.24. The van der Waals surface area contributed by atoms with E-state index in [1.807, 2.05) is 30.0 Å². The number of rotatable bonds is 2. The van der Waals surface area contributed by atoms with Crippen molar-refractivity contribution in [2.24, 2.45) is 0 Å². The van der Waals surface area contributed by atoms with Gasteiger partial charge < -0.3 is 9.64 Å². The lowest BCUT2D eigenvalue weighted by Gasteiger charge is -2.31. The lowest BCUT2D eigenvalue weighted by atomic mass is 10.00. The molecule has 0 spiro atoms. The lowest BCUT2D eigenvalue weighted by molar-refractivity contribution is 0.0350. The molecule has 0 atom stereocenters.